The fourth-order valence-corrected chi connectivity index (χ4v) is 1.56. The maximum atomic E-state index is 11.5. The number of alkyl halides is 1. The molecule has 0 amide bonds. The van der Waals surface area contributed by atoms with E-state index in [1.165, 1.54) is 0 Å². The van der Waals surface area contributed by atoms with E-state index >= 15 is 0 Å². The number of rotatable bonds is 3. The van der Waals surface area contributed by atoms with Crippen LogP contribution in [-0.4, -0.2) is 14.9 Å². The number of hydrogen-bond acceptors (Lipinski definition) is 2. The summed E-state index contributed by atoms with van der Waals surface area (Å²) in [5, 5.41) is 0.896. The molecule has 3 nitrogen and oxygen atoms in total. The molecular formula is C10H15BrN2O. The van der Waals surface area contributed by atoms with Gasteiger partial charge in [0.05, 0.1) is 0 Å². The van der Waals surface area contributed by atoms with E-state index in [9.17, 15) is 4.79 Å². The molecule has 0 saturated carbocycles. The molecule has 1 rings (SSSR count). The van der Waals surface area contributed by atoms with Crippen molar-refractivity contribution in [3.05, 3.63) is 27.9 Å². The first-order valence-corrected chi connectivity index (χ1v) is 5.77. The lowest BCUT2D eigenvalue weighted by atomic mass is 10.2. The fourth-order valence-electron chi connectivity index (χ4n) is 1.36. The van der Waals surface area contributed by atoms with Gasteiger partial charge in [-0.2, -0.15) is 4.98 Å². The Morgan fingerprint density at radius 1 is 1.57 bits per heavy atom. The molecule has 78 valence electrons. The van der Waals surface area contributed by atoms with Gasteiger partial charge < -0.3 is 0 Å². The Morgan fingerprint density at radius 2 is 2.21 bits per heavy atom. The molecule has 14 heavy (non-hydrogen) atoms. The molecule has 0 aliphatic heterocycles. The molecular weight excluding hydrogens is 244 g/mol. The zero-order valence-electron chi connectivity index (χ0n) is 8.75. The van der Waals surface area contributed by atoms with Gasteiger partial charge >= 0.3 is 5.69 Å². The van der Waals surface area contributed by atoms with Crippen LogP contribution in [0.15, 0.2) is 10.9 Å². The van der Waals surface area contributed by atoms with Gasteiger partial charge in [0.2, 0.25) is 0 Å². The molecule has 1 aromatic heterocycles. The number of nitrogens with zero attached hydrogens (tertiary/aromatic N) is 2. The molecule has 0 N–H and O–H groups in total. The standard InChI is InChI=1S/C10H15BrN2O/c1-7(5-11)6-13-9(3)4-8(2)12-10(13)14/h4,7H,5-6H2,1-3H3. The maximum absolute atomic E-state index is 11.5. The molecule has 1 unspecified atom stereocenters. The summed E-state index contributed by atoms with van der Waals surface area (Å²) in [4.78, 5) is 15.5. The van der Waals surface area contributed by atoms with Crippen molar-refractivity contribution in [2.24, 2.45) is 5.92 Å². The Morgan fingerprint density at radius 3 is 2.71 bits per heavy atom. The zero-order chi connectivity index (χ0) is 10.7. The van der Waals surface area contributed by atoms with Crippen molar-refractivity contribution in [2.45, 2.75) is 27.3 Å². The first-order chi connectivity index (χ1) is 6.54. The molecule has 0 radical (unpaired) electrons. The van der Waals surface area contributed by atoms with Crippen LogP contribution in [0.25, 0.3) is 0 Å². The summed E-state index contributed by atoms with van der Waals surface area (Å²) in [5.74, 6) is 0.441. The van der Waals surface area contributed by atoms with Crippen LogP contribution in [0.4, 0.5) is 0 Å². The molecule has 0 aliphatic carbocycles. The molecule has 0 spiro atoms. The highest BCUT2D eigenvalue weighted by Crippen LogP contribution is 2.05. The summed E-state index contributed by atoms with van der Waals surface area (Å²) in [6.45, 7) is 6.60. The van der Waals surface area contributed by atoms with Crippen molar-refractivity contribution in [1.29, 1.82) is 0 Å². The largest absolute Gasteiger partial charge is 0.347 e. The van der Waals surface area contributed by atoms with Crippen LogP contribution in [0, 0.1) is 19.8 Å². The zero-order valence-corrected chi connectivity index (χ0v) is 10.3. The third-order valence-electron chi connectivity index (χ3n) is 2.10. The summed E-state index contributed by atoms with van der Waals surface area (Å²) < 4.78 is 1.72. The Hall–Kier alpha value is -0.640. The van der Waals surface area contributed by atoms with Gasteiger partial charge in [-0.3, -0.25) is 4.57 Å². The van der Waals surface area contributed by atoms with Gasteiger partial charge in [0.1, 0.15) is 0 Å². The smallest absolute Gasteiger partial charge is 0.296 e. The number of halogens is 1. The van der Waals surface area contributed by atoms with Crippen LogP contribution in [0.5, 0.6) is 0 Å². The predicted molar refractivity (Wildman–Crippen MR) is 60.9 cm³/mol. The third-order valence-corrected chi connectivity index (χ3v) is 3.21. The highest BCUT2D eigenvalue weighted by molar-refractivity contribution is 9.09. The van der Waals surface area contributed by atoms with E-state index in [0.717, 1.165) is 23.3 Å². The van der Waals surface area contributed by atoms with E-state index in [2.05, 4.69) is 27.8 Å². The van der Waals surface area contributed by atoms with Crippen LogP contribution in [-0.2, 0) is 6.54 Å². The van der Waals surface area contributed by atoms with E-state index in [4.69, 9.17) is 0 Å². The van der Waals surface area contributed by atoms with Crippen molar-refractivity contribution in [3.63, 3.8) is 0 Å². The molecule has 0 fully saturated rings. The van der Waals surface area contributed by atoms with E-state index in [1.54, 1.807) is 4.57 Å². The first-order valence-electron chi connectivity index (χ1n) is 4.65. The van der Waals surface area contributed by atoms with Crippen molar-refractivity contribution in [2.75, 3.05) is 5.33 Å². The average Bonchev–Trinajstić information content (AvgIpc) is 2.10. The summed E-state index contributed by atoms with van der Waals surface area (Å²) in [6, 6.07) is 1.93. The van der Waals surface area contributed by atoms with E-state index < -0.39 is 0 Å². The monoisotopic (exact) mass is 258 g/mol. The topological polar surface area (TPSA) is 34.9 Å². The molecule has 0 aromatic carbocycles. The van der Waals surface area contributed by atoms with Gasteiger partial charge in [0.25, 0.3) is 0 Å². The summed E-state index contributed by atoms with van der Waals surface area (Å²) in [5.41, 5.74) is 1.63. The maximum Gasteiger partial charge on any atom is 0.347 e. The van der Waals surface area contributed by atoms with Gasteiger partial charge in [-0.25, -0.2) is 4.79 Å². The molecule has 0 bridgehead atoms. The SMILES string of the molecule is Cc1cc(C)n(CC(C)CBr)c(=O)n1. The van der Waals surface area contributed by atoms with E-state index in [-0.39, 0.29) is 5.69 Å². The quantitative estimate of drug-likeness (QED) is 0.777. The van der Waals surface area contributed by atoms with E-state index in [1.807, 2.05) is 19.9 Å². The summed E-state index contributed by atoms with van der Waals surface area (Å²) in [6.07, 6.45) is 0. The second-order valence-electron chi connectivity index (χ2n) is 3.69. The van der Waals surface area contributed by atoms with Gasteiger partial charge in [-0.1, -0.05) is 22.9 Å². The van der Waals surface area contributed by atoms with Crippen LogP contribution in [0.2, 0.25) is 0 Å². The lowest BCUT2D eigenvalue weighted by molar-refractivity contribution is 0.501. The molecule has 1 heterocycles. The van der Waals surface area contributed by atoms with Gasteiger partial charge in [0.15, 0.2) is 0 Å². The Balaban J connectivity index is 3.03. The second kappa shape index (κ2) is 4.73. The van der Waals surface area contributed by atoms with Crippen molar-refractivity contribution in [3.8, 4) is 0 Å². The highest BCUT2D eigenvalue weighted by Gasteiger charge is 2.06. The normalized spacial score (nSPS) is 12.9. The minimum atomic E-state index is -0.143. The lowest BCUT2D eigenvalue weighted by Crippen LogP contribution is -2.28. The molecule has 0 aliphatic rings. The number of aromatic nitrogens is 2. The number of aryl methyl sites for hydroxylation is 2. The van der Waals surface area contributed by atoms with Gasteiger partial charge in [-0.15, -0.1) is 0 Å². The van der Waals surface area contributed by atoms with Gasteiger partial charge in [0, 0.05) is 23.3 Å². The first kappa shape index (κ1) is 11.4. The van der Waals surface area contributed by atoms with Crippen molar-refractivity contribution >= 4 is 15.9 Å². The summed E-state index contributed by atoms with van der Waals surface area (Å²) >= 11 is 3.40. The molecule has 0 saturated heterocycles. The van der Waals surface area contributed by atoms with Crippen LogP contribution in [0.3, 0.4) is 0 Å². The second-order valence-corrected chi connectivity index (χ2v) is 4.34. The Bertz CT molecular complexity index is 373. The lowest BCUT2D eigenvalue weighted by Gasteiger charge is -2.13. The third kappa shape index (κ3) is 2.67. The average molecular weight is 259 g/mol. The summed E-state index contributed by atoms with van der Waals surface area (Å²) in [7, 11) is 0. The van der Waals surface area contributed by atoms with Crippen molar-refractivity contribution in [1.82, 2.24) is 9.55 Å². The fraction of sp³-hybridized carbons (Fsp3) is 0.600. The van der Waals surface area contributed by atoms with Crippen LogP contribution < -0.4 is 5.69 Å². The van der Waals surface area contributed by atoms with Crippen LogP contribution >= 0.6 is 15.9 Å². The van der Waals surface area contributed by atoms with Crippen molar-refractivity contribution < 1.29 is 0 Å². The van der Waals surface area contributed by atoms with E-state index in [0.29, 0.717) is 5.92 Å². The predicted octanol–water partition coefficient (Wildman–Crippen LogP) is 1.89. The minimum Gasteiger partial charge on any atom is -0.296 e. The highest BCUT2D eigenvalue weighted by atomic mass is 79.9. The van der Waals surface area contributed by atoms with Crippen LogP contribution in [0.1, 0.15) is 18.3 Å². The van der Waals surface area contributed by atoms with Gasteiger partial charge in [-0.05, 0) is 25.8 Å². The molecule has 4 heteroatoms. The minimum absolute atomic E-state index is 0.143. The Kier molecular flexibility index (Phi) is 3.86. The Labute approximate surface area is 92.3 Å². The molecule has 1 aromatic rings. The number of hydrogen-bond donors (Lipinski definition) is 0. The molecule has 1 atom stereocenters.